The number of oxazole rings is 1. The second-order valence-electron chi connectivity index (χ2n) is 6.55. The van der Waals surface area contributed by atoms with Crippen molar-refractivity contribution >= 4 is 16.0 Å². The molecule has 0 saturated heterocycles. The number of benzene rings is 1. The zero-order valence-corrected chi connectivity index (χ0v) is 16.2. The maximum atomic E-state index is 11.4. The summed E-state index contributed by atoms with van der Waals surface area (Å²) in [7, 11) is -1.64. The Morgan fingerprint density at radius 1 is 1.23 bits per heavy atom. The van der Waals surface area contributed by atoms with E-state index in [1.165, 1.54) is 0 Å². The lowest BCUT2D eigenvalue weighted by Gasteiger charge is -2.26. The molecule has 0 aliphatic heterocycles. The Bertz CT molecular complexity index is 844. The van der Waals surface area contributed by atoms with Crippen molar-refractivity contribution < 1.29 is 12.8 Å². The largest absolute Gasteiger partial charge is 0.444 e. The van der Waals surface area contributed by atoms with Crippen molar-refractivity contribution in [3.8, 4) is 11.5 Å². The molecule has 0 atom stereocenters. The van der Waals surface area contributed by atoms with Gasteiger partial charge in [0.2, 0.25) is 15.9 Å². The van der Waals surface area contributed by atoms with E-state index in [1.807, 2.05) is 30.3 Å². The van der Waals surface area contributed by atoms with E-state index < -0.39 is 15.6 Å². The average molecular weight is 379 g/mol. The van der Waals surface area contributed by atoms with E-state index in [-0.39, 0.29) is 0 Å². The van der Waals surface area contributed by atoms with Crippen LogP contribution >= 0.6 is 0 Å². The summed E-state index contributed by atoms with van der Waals surface area (Å²) in [4.78, 5) is 8.57. The van der Waals surface area contributed by atoms with Crippen LogP contribution < -0.4 is 15.4 Å². The van der Waals surface area contributed by atoms with Gasteiger partial charge in [-0.3, -0.25) is 4.99 Å². The molecule has 0 radical (unpaired) electrons. The Balaban J connectivity index is 1.89. The van der Waals surface area contributed by atoms with Crippen LogP contribution in [-0.2, 0) is 16.6 Å². The van der Waals surface area contributed by atoms with Crippen LogP contribution in [0.2, 0.25) is 0 Å². The van der Waals surface area contributed by atoms with Gasteiger partial charge in [-0.2, -0.15) is 0 Å². The van der Waals surface area contributed by atoms with E-state index in [1.54, 1.807) is 27.2 Å². The molecule has 0 fully saturated rings. The van der Waals surface area contributed by atoms with Crippen molar-refractivity contribution in [2.24, 2.45) is 4.99 Å². The first-order valence-corrected chi connectivity index (χ1v) is 10.0. The van der Waals surface area contributed by atoms with Crippen LogP contribution in [0.1, 0.15) is 19.5 Å². The number of guanidine groups is 1. The maximum Gasteiger partial charge on any atom is 0.226 e. The minimum Gasteiger partial charge on any atom is -0.444 e. The number of aromatic nitrogens is 1. The fourth-order valence-electron chi connectivity index (χ4n) is 2.34. The number of nitrogens with one attached hydrogen (secondary N) is 3. The first-order valence-electron chi connectivity index (χ1n) is 8.12. The lowest BCUT2D eigenvalue weighted by Crippen LogP contribution is -2.52. The molecule has 0 aliphatic carbocycles. The second-order valence-corrected chi connectivity index (χ2v) is 8.30. The maximum absolute atomic E-state index is 11.4. The van der Waals surface area contributed by atoms with Gasteiger partial charge in [0.15, 0.2) is 5.96 Å². The van der Waals surface area contributed by atoms with Gasteiger partial charge < -0.3 is 15.1 Å². The second kappa shape index (κ2) is 8.33. The van der Waals surface area contributed by atoms with E-state index in [4.69, 9.17) is 4.42 Å². The van der Waals surface area contributed by atoms with E-state index in [9.17, 15) is 8.42 Å². The molecule has 8 nitrogen and oxygen atoms in total. The number of sulfonamides is 1. The predicted octanol–water partition coefficient (Wildman–Crippen LogP) is 1.33. The van der Waals surface area contributed by atoms with Gasteiger partial charge in [0.1, 0.15) is 6.26 Å². The SMILES string of the molecule is CN=C(NCc1coc(-c2ccccc2)n1)NCC(C)(C)NS(C)(=O)=O. The summed E-state index contributed by atoms with van der Waals surface area (Å²) >= 11 is 0. The van der Waals surface area contributed by atoms with Crippen molar-refractivity contribution in [2.75, 3.05) is 19.8 Å². The van der Waals surface area contributed by atoms with Crippen molar-refractivity contribution in [1.82, 2.24) is 20.3 Å². The summed E-state index contributed by atoms with van der Waals surface area (Å²) in [6, 6.07) is 9.65. The van der Waals surface area contributed by atoms with Crippen LogP contribution in [0.15, 0.2) is 46.0 Å². The van der Waals surface area contributed by atoms with Crippen molar-refractivity contribution in [3.63, 3.8) is 0 Å². The van der Waals surface area contributed by atoms with Gasteiger partial charge in [-0.15, -0.1) is 0 Å². The lowest BCUT2D eigenvalue weighted by molar-refractivity contribution is 0.446. The van der Waals surface area contributed by atoms with Crippen LogP contribution in [0.5, 0.6) is 0 Å². The van der Waals surface area contributed by atoms with E-state index in [2.05, 4.69) is 25.3 Å². The lowest BCUT2D eigenvalue weighted by atomic mass is 10.1. The van der Waals surface area contributed by atoms with Crippen molar-refractivity contribution in [2.45, 2.75) is 25.9 Å². The van der Waals surface area contributed by atoms with Gasteiger partial charge in [-0.25, -0.2) is 18.1 Å². The molecule has 1 heterocycles. The highest BCUT2D eigenvalue weighted by Crippen LogP contribution is 2.17. The van der Waals surface area contributed by atoms with Gasteiger partial charge >= 0.3 is 0 Å². The Morgan fingerprint density at radius 2 is 1.92 bits per heavy atom. The van der Waals surface area contributed by atoms with E-state index >= 15 is 0 Å². The molecule has 0 aliphatic rings. The quantitative estimate of drug-likeness (QED) is 0.495. The highest BCUT2D eigenvalue weighted by molar-refractivity contribution is 7.88. The standard InChI is InChI=1S/C17H25N5O3S/c1-17(2,22-26(4,23)24)12-20-16(18-3)19-10-14-11-25-15(21-14)13-8-6-5-7-9-13/h5-9,11,22H,10,12H2,1-4H3,(H2,18,19,20). The molecule has 142 valence electrons. The molecular formula is C17H25N5O3S. The first kappa shape index (κ1) is 19.9. The van der Waals surface area contributed by atoms with Crippen molar-refractivity contribution in [1.29, 1.82) is 0 Å². The Labute approximate surface area is 154 Å². The molecule has 0 amide bonds. The molecule has 2 rings (SSSR count). The van der Waals surface area contributed by atoms with Gasteiger partial charge in [0, 0.05) is 24.7 Å². The zero-order chi connectivity index (χ0) is 19.2. The third-order valence-corrected chi connectivity index (χ3v) is 4.32. The topological polar surface area (TPSA) is 109 Å². The number of nitrogens with zero attached hydrogens (tertiary/aromatic N) is 2. The van der Waals surface area contributed by atoms with Gasteiger partial charge in [0.25, 0.3) is 0 Å². The zero-order valence-electron chi connectivity index (χ0n) is 15.4. The summed E-state index contributed by atoms with van der Waals surface area (Å²) in [5, 5.41) is 6.22. The smallest absolute Gasteiger partial charge is 0.226 e. The molecule has 0 unspecified atom stereocenters. The van der Waals surface area contributed by atoms with Gasteiger partial charge in [0.05, 0.1) is 18.5 Å². The van der Waals surface area contributed by atoms with E-state index in [0.29, 0.717) is 24.9 Å². The minimum absolute atomic E-state index is 0.369. The third-order valence-electron chi connectivity index (χ3n) is 3.39. The molecular weight excluding hydrogens is 354 g/mol. The molecule has 0 saturated carbocycles. The van der Waals surface area contributed by atoms with Crippen molar-refractivity contribution in [3.05, 3.63) is 42.3 Å². The fraction of sp³-hybridized carbons (Fsp3) is 0.412. The summed E-state index contributed by atoms with van der Waals surface area (Å²) in [6.45, 7) is 4.37. The molecule has 1 aromatic carbocycles. The number of hydrogen-bond donors (Lipinski definition) is 3. The average Bonchev–Trinajstić information content (AvgIpc) is 3.02. The summed E-state index contributed by atoms with van der Waals surface area (Å²) in [5.41, 5.74) is 0.995. The normalized spacial score (nSPS) is 12.8. The highest BCUT2D eigenvalue weighted by atomic mass is 32.2. The minimum atomic E-state index is -3.29. The van der Waals surface area contributed by atoms with Crippen LogP contribution in [0, 0.1) is 0 Å². The van der Waals surface area contributed by atoms with Crippen LogP contribution in [-0.4, -0.2) is 44.7 Å². The summed E-state index contributed by atoms with van der Waals surface area (Å²) < 4.78 is 30.8. The Kier molecular flexibility index (Phi) is 6.38. The molecule has 1 aromatic heterocycles. The fourth-order valence-corrected chi connectivity index (χ4v) is 3.41. The Hall–Kier alpha value is -2.39. The molecule has 26 heavy (non-hydrogen) atoms. The van der Waals surface area contributed by atoms with Gasteiger partial charge in [-0.1, -0.05) is 18.2 Å². The summed E-state index contributed by atoms with van der Waals surface area (Å²) in [5.74, 6) is 1.10. The molecule has 3 N–H and O–H groups in total. The molecule has 0 bridgehead atoms. The Morgan fingerprint density at radius 3 is 2.54 bits per heavy atom. The number of hydrogen-bond acceptors (Lipinski definition) is 5. The first-order chi connectivity index (χ1) is 12.2. The highest BCUT2D eigenvalue weighted by Gasteiger charge is 2.22. The molecule has 9 heteroatoms. The number of aliphatic imine (C=N–C) groups is 1. The predicted molar refractivity (Wildman–Crippen MR) is 102 cm³/mol. The monoisotopic (exact) mass is 379 g/mol. The van der Waals surface area contributed by atoms with Crippen LogP contribution in [0.4, 0.5) is 0 Å². The van der Waals surface area contributed by atoms with E-state index in [0.717, 1.165) is 17.5 Å². The molecule has 0 spiro atoms. The van der Waals surface area contributed by atoms with Crippen LogP contribution in [0.3, 0.4) is 0 Å². The summed E-state index contributed by atoms with van der Waals surface area (Å²) in [6.07, 6.45) is 2.73. The van der Waals surface area contributed by atoms with Gasteiger partial charge in [-0.05, 0) is 26.0 Å². The van der Waals surface area contributed by atoms with Crippen LogP contribution in [0.25, 0.3) is 11.5 Å². The third kappa shape index (κ3) is 6.49. The molecule has 2 aromatic rings. The number of rotatable bonds is 7.